The van der Waals surface area contributed by atoms with Crippen molar-refractivity contribution in [2.45, 2.75) is 40.0 Å². The maximum absolute atomic E-state index is 11.8. The molecule has 0 radical (unpaired) electrons. The van der Waals surface area contributed by atoms with E-state index < -0.39 is 7.82 Å². The summed E-state index contributed by atoms with van der Waals surface area (Å²) in [4.78, 5) is 0. The second-order valence-corrected chi connectivity index (χ2v) is 4.86. The van der Waals surface area contributed by atoms with Crippen LogP contribution in [0, 0.1) is 0 Å². The van der Waals surface area contributed by atoms with Crippen LogP contribution in [0.4, 0.5) is 0 Å². The summed E-state index contributed by atoms with van der Waals surface area (Å²) >= 11 is 0. The average molecular weight is 250 g/mol. The maximum Gasteiger partial charge on any atom is 0.475 e. The second-order valence-electron chi connectivity index (χ2n) is 3.19. The van der Waals surface area contributed by atoms with Crippen molar-refractivity contribution in [1.29, 1.82) is 0 Å². The second kappa shape index (κ2) is 10.0. The van der Waals surface area contributed by atoms with Gasteiger partial charge in [-0.05, 0) is 20.3 Å². The lowest BCUT2D eigenvalue weighted by Gasteiger charge is -2.14. The minimum Gasteiger partial charge on any atom is -0.287 e. The first-order chi connectivity index (χ1) is 7.68. The Balaban J connectivity index is 3.84. The quantitative estimate of drug-likeness (QED) is 0.335. The molecule has 96 valence electrons. The molecular formula is C11H23O4P. The van der Waals surface area contributed by atoms with Crippen molar-refractivity contribution in [2.75, 3.05) is 19.8 Å². The van der Waals surface area contributed by atoms with Gasteiger partial charge in [0.05, 0.1) is 19.8 Å². The standard InChI is InChI=1S/C11H23O4P/c1-4-7-8-9-10-11-15-16(12,13-5-2)14-6-3/h9-10H,4-8,11H2,1-3H3/b10-9+. The predicted molar refractivity (Wildman–Crippen MR) is 65.5 cm³/mol. The van der Waals surface area contributed by atoms with Crippen molar-refractivity contribution in [3.05, 3.63) is 12.2 Å². The van der Waals surface area contributed by atoms with Gasteiger partial charge in [0, 0.05) is 0 Å². The van der Waals surface area contributed by atoms with Crippen molar-refractivity contribution >= 4 is 7.82 Å². The summed E-state index contributed by atoms with van der Waals surface area (Å²) in [6.45, 7) is 6.55. The third-order valence-electron chi connectivity index (χ3n) is 1.79. The first kappa shape index (κ1) is 15.9. The number of hydrogen-bond acceptors (Lipinski definition) is 4. The van der Waals surface area contributed by atoms with Gasteiger partial charge in [-0.3, -0.25) is 13.6 Å². The van der Waals surface area contributed by atoms with Crippen molar-refractivity contribution in [1.82, 2.24) is 0 Å². The van der Waals surface area contributed by atoms with Gasteiger partial charge in [-0.2, -0.15) is 0 Å². The molecule has 0 aromatic heterocycles. The lowest BCUT2D eigenvalue weighted by molar-refractivity contribution is 0.131. The Kier molecular flexibility index (Phi) is 9.94. The summed E-state index contributed by atoms with van der Waals surface area (Å²) in [6.07, 6.45) is 7.21. The number of phosphoric ester groups is 1. The van der Waals surface area contributed by atoms with Gasteiger partial charge >= 0.3 is 7.82 Å². The zero-order valence-corrected chi connectivity index (χ0v) is 11.4. The Morgan fingerprint density at radius 3 is 2.12 bits per heavy atom. The summed E-state index contributed by atoms with van der Waals surface area (Å²) in [5.74, 6) is 0. The van der Waals surface area contributed by atoms with Crippen molar-refractivity contribution in [2.24, 2.45) is 0 Å². The van der Waals surface area contributed by atoms with E-state index in [1.165, 1.54) is 6.42 Å². The average Bonchev–Trinajstić information content (AvgIpc) is 2.24. The van der Waals surface area contributed by atoms with E-state index >= 15 is 0 Å². The van der Waals surface area contributed by atoms with Gasteiger partial charge in [-0.25, -0.2) is 4.57 Å². The first-order valence-electron chi connectivity index (χ1n) is 5.87. The van der Waals surface area contributed by atoms with Gasteiger partial charge in [0.15, 0.2) is 0 Å². The Labute approximate surface area is 98.6 Å². The van der Waals surface area contributed by atoms with Gasteiger partial charge in [0.25, 0.3) is 0 Å². The molecule has 16 heavy (non-hydrogen) atoms. The number of hydrogen-bond donors (Lipinski definition) is 0. The highest BCUT2D eigenvalue weighted by molar-refractivity contribution is 7.48. The Bertz CT molecular complexity index is 218. The Hall–Kier alpha value is -0.150. The Morgan fingerprint density at radius 1 is 1.00 bits per heavy atom. The molecule has 0 amide bonds. The molecular weight excluding hydrogens is 227 g/mol. The van der Waals surface area contributed by atoms with Gasteiger partial charge in [0.1, 0.15) is 0 Å². The molecule has 0 heterocycles. The van der Waals surface area contributed by atoms with Crippen LogP contribution in [0.1, 0.15) is 40.0 Å². The topological polar surface area (TPSA) is 44.8 Å². The molecule has 0 spiro atoms. The number of allylic oxidation sites excluding steroid dienone is 1. The zero-order chi connectivity index (χ0) is 12.3. The maximum atomic E-state index is 11.8. The molecule has 0 bridgehead atoms. The molecule has 0 aliphatic rings. The van der Waals surface area contributed by atoms with E-state index in [9.17, 15) is 4.57 Å². The molecule has 0 saturated heterocycles. The summed E-state index contributed by atoms with van der Waals surface area (Å²) in [6, 6.07) is 0. The van der Waals surface area contributed by atoms with E-state index in [1.807, 2.05) is 12.2 Å². The van der Waals surface area contributed by atoms with E-state index in [4.69, 9.17) is 13.6 Å². The molecule has 0 rings (SSSR count). The van der Waals surface area contributed by atoms with Crippen LogP contribution in [0.2, 0.25) is 0 Å². The van der Waals surface area contributed by atoms with Gasteiger partial charge in [0.2, 0.25) is 0 Å². The Morgan fingerprint density at radius 2 is 1.62 bits per heavy atom. The van der Waals surface area contributed by atoms with Gasteiger partial charge in [-0.15, -0.1) is 0 Å². The largest absolute Gasteiger partial charge is 0.475 e. The van der Waals surface area contributed by atoms with Crippen LogP contribution in [0.25, 0.3) is 0 Å². The monoisotopic (exact) mass is 250 g/mol. The van der Waals surface area contributed by atoms with Crippen molar-refractivity contribution in [3.63, 3.8) is 0 Å². The molecule has 0 aromatic rings. The molecule has 0 aliphatic carbocycles. The fourth-order valence-corrected chi connectivity index (χ4v) is 2.19. The van der Waals surface area contributed by atoms with Crippen LogP contribution in [0.3, 0.4) is 0 Å². The normalized spacial score (nSPS) is 12.4. The SMILES string of the molecule is CCCC/C=C/COP(=O)(OCC)OCC. The van der Waals surface area contributed by atoms with Crippen LogP contribution < -0.4 is 0 Å². The van der Waals surface area contributed by atoms with Gasteiger partial charge < -0.3 is 0 Å². The minimum atomic E-state index is -3.33. The fourth-order valence-electron chi connectivity index (χ4n) is 1.07. The van der Waals surface area contributed by atoms with E-state index in [-0.39, 0.29) is 6.61 Å². The summed E-state index contributed by atoms with van der Waals surface area (Å²) < 4.78 is 26.9. The van der Waals surface area contributed by atoms with E-state index in [0.717, 1.165) is 12.8 Å². The van der Waals surface area contributed by atoms with E-state index in [1.54, 1.807) is 13.8 Å². The molecule has 0 aromatic carbocycles. The molecule has 5 heteroatoms. The van der Waals surface area contributed by atoms with Gasteiger partial charge in [-0.1, -0.05) is 31.9 Å². The number of rotatable bonds is 10. The highest BCUT2D eigenvalue weighted by Crippen LogP contribution is 2.48. The van der Waals surface area contributed by atoms with E-state index in [2.05, 4.69) is 6.92 Å². The van der Waals surface area contributed by atoms with Crippen LogP contribution in [0.15, 0.2) is 12.2 Å². The van der Waals surface area contributed by atoms with Crippen LogP contribution in [0.5, 0.6) is 0 Å². The summed E-state index contributed by atoms with van der Waals surface area (Å²) in [5, 5.41) is 0. The fraction of sp³-hybridized carbons (Fsp3) is 0.818. The molecule has 0 atom stereocenters. The molecule has 0 unspecified atom stereocenters. The first-order valence-corrected chi connectivity index (χ1v) is 7.33. The zero-order valence-electron chi connectivity index (χ0n) is 10.5. The highest BCUT2D eigenvalue weighted by Gasteiger charge is 2.24. The third-order valence-corrected chi connectivity index (χ3v) is 3.41. The van der Waals surface area contributed by atoms with Crippen LogP contribution >= 0.6 is 7.82 Å². The number of phosphoric acid groups is 1. The molecule has 0 saturated carbocycles. The number of unbranched alkanes of at least 4 members (excludes halogenated alkanes) is 2. The van der Waals surface area contributed by atoms with Crippen molar-refractivity contribution < 1.29 is 18.1 Å². The van der Waals surface area contributed by atoms with E-state index in [0.29, 0.717) is 13.2 Å². The molecule has 0 N–H and O–H groups in total. The smallest absolute Gasteiger partial charge is 0.287 e. The van der Waals surface area contributed by atoms with Crippen LogP contribution in [-0.4, -0.2) is 19.8 Å². The molecule has 0 fully saturated rings. The predicted octanol–water partition coefficient (Wildman–Crippen LogP) is 3.93. The van der Waals surface area contributed by atoms with Crippen LogP contribution in [-0.2, 0) is 18.1 Å². The molecule has 4 nitrogen and oxygen atoms in total. The lowest BCUT2D eigenvalue weighted by atomic mass is 10.2. The highest BCUT2D eigenvalue weighted by atomic mass is 31.2. The molecule has 0 aliphatic heterocycles. The minimum absolute atomic E-state index is 0.265. The summed E-state index contributed by atoms with van der Waals surface area (Å²) in [5.41, 5.74) is 0. The summed E-state index contributed by atoms with van der Waals surface area (Å²) in [7, 11) is -3.33. The van der Waals surface area contributed by atoms with Crippen molar-refractivity contribution in [3.8, 4) is 0 Å². The lowest BCUT2D eigenvalue weighted by Crippen LogP contribution is -2.00. The third kappa shape index (κ3) is 8.05.